The summed E-state index contributed by atoms with van der Waals surface area (Å²) < 4.78 is 32.7. The van der Waals surface area contributed by atoms with Crippen LogP contribution in [0.15, 0.2) is 23.1 Å². The third kappa shape index (κ3) is 5.81. The molecule has 1 aliphatic heterocycles. The van der Waals surface area contributed by atoms with Crippen LogP contribution in [0.5, 0.6) is 5.75 Å². The van der Waals surface area contributed by atoms with Crippen molar-refractivity contribution in [2.45, 2.75) is 37.0 Å². The van der Waals surface area contributed by atoms with Crippen LogP contribution >= 0.6 is 12.4 Å². The van der Waals surface area contributed by atoms with Crippen molar-refractivity contribution in [3.8, 4) is 5.75 Å². The summed E-state index contributed by atoms with van der Waals surface area (Å²) in [7, 11) is -2.19. The van der Waals surface area contributed by atoms with Crippen LogP contribution in [0.25, 0.3) is 0 Å². The Kier molecular flexibility index (Phi) is 7.91. The van der Waals surface area contributed by atoms with Gasteiger partial charge in [-0.2, -0.15) is 4.31 Å². The molecule has 1 aliphatic carbocycles. The van der Waals surface area contributed by atoms with Gasteiger partial charge >= 0.3 is 0 Å². The number of amides is 1. The van der Waals surface area contributed by atoms with E-state index < -0.39 is 10.0 Å². The van der Waals surface area contributed by atoms with E-state index in [2.05, 4.69) is 10.6 Å². The Hall–Kier alpha value is -1.35. The molecule has 1 aromatic carbocycles. The molecule has 3 rings (SSSR count). The van der Waals surface area contributed by atoms with Crippen molar-refractivity contribution in [3.05, 3.63) is 18.2 Å². The van der Waals surface area contributed by atoms with Crippen molar-refractivity contribution in [2.75, 3.05) is 38.6 Å². The predicted molar refractivity (Wildman–Crippen MR) is 107 cm³/mol. The number of benzene rings is 1. The molecule has 0 aromatic heterocycles. The van der Waals surface area contributed by atoms with E-state index in [4.69, 9.17) is 4.74 Å². The van der Waals surface area contributed by atoms with Gasteiger partial charge in [-0.3, -0.25) is 4.79 Å². The molecule has 1 saturated carbocycles. The summed E-state index contributed by atoms with van der Waals surface area (Å²) in [5.74, 6) is 0.808. The number of halogens is 1. The van der Waals surface area contributed by atoms with Gasteiger partial charge in [0.25, 0.3) is 0 Å². The molecule has 27 heavy (non-hydrogen) atoms. The molecule has 0 unspecified atom stereocenters. The first-order chi connectivity index (χ1) is 12.5. The Balaban J connectivity index is 0.00000261. The molecule has 0 bridgehead atoms. The van der Waals surface area contributed by atoms with Crippen molar-refractivity contribution >= 4 is 34.0 Å². The van der Waals surface area contributed by atoms with E-state index in [1.807, 2.05) is 0 Å². The van der Waals surface area contributed by atoms with Crippen LogP contribution in [-0.2, 0) is 14.8 Å². The second kappa shape index (κ2) is 9.73. The molecular weight excluding hydrogens is 390 g/mol. The van der Waals surface area contributed by atoms with Gasteiger partial charge < -0.3 is 15.4 Å². The minimum absolute atomic E-state index is 0. The van der Waals surface area contributed by atoms with E-state index in [0.29, 0.717) is 30.4 Å². The van der Waals surface area contributed by atoms with Crippen LogP contribution in [0.3, 0.4) is 0 Å². The number of methoxy groups -OCH3 is 1. The zero-order chi connectivity index (χ0) is 18.6. The predicted octanol–water partition coefficient (Wildman–Crippen LogP) is 2.23. The summed E-state index contributed by atoms with van der Waals surface area (Å²) in [6.07, 6.45) is 5.23. The number of rotatable bonds is 8. The molecule has 1 saturated heterocycles. The second-order valence-electron chi connectivity index (χ2n) is 6.95. The Morgan fingerprint density at radius 3 is 2.56 bits per heavy atom. The number of nitrogens with zero attached hydrogens (tertiary/aromatic N) is 1. The molecule has 2 N–H and O–H groups in total. The molecule has 0 atom stereocenters. The van der Waals surface area contributed by atoms with Gasteiger partial charge in [0, 0.05) is 18.8 Å². The molecule has 7 nitrogen and oxygen atoms in total. The van der Waals surface area contributed by atoms with Gasteiger partial charge in [0.1, 0.15) is 10.6 Å². The lowest BCUT2D eigenvalue weighted by Gasteiger charge is -2.26. The minimum Gasteiger partial charge on any atom is -0.495 e. The van der Waals surface area contributed by atoms with E-state index in [1.165, 1.54) is 30.3 Å². The number of hydrogen-bond acceptors (Lipinski definition) is 5. The number of piperidine rings is 1. The van der Waals surface area contributed by atoms with E-state index in [0.717, 1.165) is 25.8 Å². The number of nitrogens with one attached hydrogen (secondary N) is 2. The highest BCUT2D eigenvalue weighted by molar-refractivity contribution is 7.89. The average Bonchev–Trinajstić information content (AvgIpc) is 3.47. The summed E-state index contributed by atoms with van der Waals surface area (Å²) in [5, 5.41) is 5.89. The first-order valence-corrected chi connectivity index (χ1v) is 10.6. The molecule has 1 heterocycles. The number of carbonyl (C=O) groups is 1. The molecule has 9 heteroatoms. The van der Waals surface area contributed by atoms with Gasteiger partial charge in [0.05, 0.1) is 13.7 Å². The van der Waals surface area contributed by atoms with E-state index in [-0.39, 0.29) is 29.8 Å². The minimum atomic E-state index is -3.64. The fraction of sp³-hybridized carbons (Fsp3) is 0.611. The summed E-state index contributed by atoms with van der Waals surface area (Å²) in [6, 6.07) is 4.73. The Morgan fingerprint density at radius 1 is 1.22 bits per heavy atom. The topological polar surface area (TPSA) is 87.7 Å². The lowest BCUT2D eigenvalue weighted by molar-refractivity contribution is -0.115. The van der Waals surface area contributed by atoms with Crippen molar-refractivity contribution < 1.29 is 17.9 Å². The first-order valence-electron chi connectivity index (χ1n) is 9.19. The van der Waals surface area contributed by atoms with Crippen molar-refractivity contribution in [1.29, 1.82) is 0 Å². The van der Waals surface area contributed by atoms with Crippen LogP contribution in [0.4, 0.5) is 5.69 Å². The highest BCUT2D eigenvalue weighted by atomic mass is 35.5. The molecular formula is C18H28ClN3O4S. The van der Waals surface area contributed by atoms with Crippen molar-refractivity contribution in [3.63, 3.8) is 0 Å². The van der Waals surface area contributed by atoms with E-state index in [9.17, 15) is 13.2 Å². The van der Waals surface area contributed by atoms with Crippen molar-refractivity contribution in [1.82, 2.24) is 9.62 Å². The van der Waals surface area contributed by atoms with E-state index in [1.54, 1.807) is 12.1 Å². The number of hydrogen-bond donors (Lipinski definition) is 2. The average molecular weight is 418 g/mol. The molecule has 2 aliphatic rings. The van der Waals surface area contributed by atoms with Gasteiger partial charge in [-0.25, -0.2) is 8.42 Å². The largest absolute Gasteiger partial charge is 0.495 e. The smallest absolute Gasteiger partial charge is 0.246 e. The maximum absolute atomic E-state index is 13.0. The maximum atomic E-state index is 13.0. The molecule has 1 amide bonds. The van der Waals surface area contributed by atoms with Crippen LogP contribution in [0.1, 0.15) is 32.1 Å². The quantitative estimate of drug-likeness (QED) is 0.677. The second-order valence-corrected chi connectivity index (χ2v) is 8.86. The standard InChI is InChI=1S/C18H27N3O4S.ClH/c1-25-16-8-7-15(20-18(22)13-19-12-14-5-6-14)11-17(16)26(23,24)21-9-3-2-4-10-21;/h7-8,11,14,19H,2-6,9-10,12-13H2,1H3,(H,20,22);1H. The van der Waals surface area contributed by atoms with Crippen LogP contribution < -0.4 is 15.4 Å². The molecule has 2 fully saturated rings. The van der Waals surface area contributed by atoms with E-state index >= 15 is 0 Å². The van der Waals surface area contributed by atoms with Crippen LogP contribution in [-0.4, -0.2) is 51.9 Å². The zero-order valence-corrected chi connectivity index (χ0v) is 17.2. The zero-order valence-electron chi connectivity index (χ0n) is 15.6. The Labute approximate surface area is 167 Å². The molecule has 1 aromatic rings. The first kappa shape index (κ1) is 21.9. The molecule has 0 spiro atoms. The normalized spacial score (nSPS) is 17.8. The maximum Gasteiger partial charge on any atom is 0.246 e. The fourth-order valence-corrected chi connectivity index (χ4v) is 4.82. The van der Waals surface area contributed by atoms with Gasteiger partial charge in [-0.15, -0.1) is 12.4 Å². The summed E-state index contributed by atoms with van der Waals surface area (Å²) >= 11 is 0. The summed E-state index contributed by atoms with van der Waals surface area (Å²) in [4.78, 5) is 12.2. The monoisotopic (exact) mass is 417 g/mol. The van der Waals surface area contributed by atoms with Crippen LogP contribution in [0.2, 0.25) is 0 Å². The third-order valence-electron chi connectivity index (χ3n) is 4.80. The van der Waals surface area contributed by atoms with Crippen molar-refractivity contribution in [2.24, 2.45) is 5.92 Å². The Bertz CT molecular complexity index is 747. The highest BCUT2D eigenvalue weighted by Crippen LogP contribution is 2.31. The van der Waals surface area contributed by atoms with Gasteiger partial charge in [0.15, 0.2) is 0 Å². The number of carbonyl (C=O) groups excluding carboxylic acids is 1. The lowest BCUT2D eigenvalue weighted by Crippen LogP contribution is -2.35. The molecule has 152 valence electrons. The fourth-order valence-electron chi connectivity index (χ4n) is 3.12. The molecule has 0 radical (unpaired) electrons. The number of anilines is 1. The van der Waals surface area contributed by atoms with Gasteiger partial charge in [-0.1, -0.05) is 6.42 Å². The Morgan fingerprint density at radius 2 is 1.93 bits per heavy atom. The highest BCUT2D eigenvalue weighted by Gasteiger charge is 2.29. The third-order valence-corrected chi connectivity index (χ3v) is 6.72. The summed E-state index contributed by atoms with van der Waals surface area (Å²) in [6.45, 7) is 2.11. The van der Waals surface area contributed by atoms with Gasteiger partial charge in [0.2, 0.25) is 15.9 Å². The van der Waals surface area contributed by atoms with Gasteiger partial charge in [-0.05, 0) is 56.3 Å². The SMILES string of the molecule is COc1ccc(NC(=O)CNCC2CC2)cc1S(=O)(=O)N1CCCCC1.Cl. The van der Waals surface area contributed by atoms with Crippen LogP contribution in [0, 0.1) is 5.92 Å². The number of sulfonamides is 1. The number of ether oxygens (including phenoxy) is 1. The summed E-state index contributed by atoms with van der Waals surface area (Å²) in [5.41, 5.74) is 0.458. The lowest BCUT2D eigenvalue weighted by atomic mass is 10.2.